The fourth-order valence-electron chi connectivity index (χ4n) is 1.93. The molecule has 0 aliphatic heterocycles. The van der Waals surface area contributed by atoms with Gasteiger partial charge in [-0.1, -0.05) is 23.2 Å². The second kappa shape index (κ2) is 5.74. The van der Waals surface area contributed by atoms with Crippen molar-refractivity contribution >= 4 is 23.2 Å². The zero-order chi connectivity index (χ0) is 13.1. The van der Waals surface area contributed by atoms with E-state index >= 15 is 0 Å². The Kier molecular flexibility index (Phi) is 4.27. The number of hydrogen-bond acceptors (Lipinski definition) is 2. The first-order chi connectivity index (χ1) is 8.63. The molecular formula is C13H15Cl2N3. The second-order valence-corrected chi connectivity index (χ2v) is 4.93. The van der Waals surface area contributed by atoms with Gasteiger partial charge < -0.3 is 9.88 Å². The van der Waals surface area contributed by atoms with Crippen LogP contribution in [0.3, 0.4) is 0 Å². The highest BCUT2D eigenvalue weighted by Gasteiger charge is 2.15. The summed E-state index contributed by atoms with van der Waals surface area (Å²) < 4.78 is 2.03. The lowest BCUT2D eigenvalue weighted by Gasteiger charge is -2.15. The van der Waals surface area contributed by atoms with Gasteiger partial charge in [-0.3, -0.25) is 0 Å². The SMILES string of the molecule is CCn1cnc(C(NC)c2cc(Cl)cc(Cl)c2)c1. The van der Waals surface area contributed by atoms with E-state index in [1.54, 1.807) is 6.07 Å². The molecule has 0 aliphatic rings. The molecule has 2 rings (SSSR count). The first-order valence-corrected chi connectivity index (χ1v) is 6.54. The summed E-state index contributed by atoms with van der Waals surface area (Å²) in [6, 6.07) is 5.53. The van der Waals surface area contributed by atoms with Crippen molar-refractivity contribution in [3.05, 3.63) is 52.0 Å². The van der Waals surface area contributed by atoms with Gasteiger partial charge in [0, 0.05) is 22.8 Å². The molecule has 0 bridgehead atoms. The van der Waals surface area contributed by atoms with Crippen LogP contribution in [0, 0.1) is 0 Å². The first kappa shape index (κ1) is 13.4. The van der Waals surface area contributed by atoms with E-state index in [4.69, 9.17) is 23.2 Å². The number of halogens is 2. The minimum atomic E-state index is -0.00556. The van der Waals surface area contributed by atoms with E-state index < -0.39 is 0 Å². The third-order valence-electron chi connectivity index (χ3n) is 2.82. The van der Waals surface area contributed by atoms with Crippen LogP contribution in [0.25, 0.3) is 0 Å². The molecule has 96 valence electrons. The first-order valence-electron chi connectivity index (χ1n) is 5.79. The Morgan fingerprint density at radius 1 is 1.28 bits per heavy atom. The highest BCUT2D eigenvalue weighted by molar-refractivity contribution is 6.34. The molecule has 3 nitrogen and oxygen atoms in total. The molecule has 1 aromatic heterocycles. The summed E-state index contributed by atoms with van der Waals surface area (Å²) in [6.45, 7) is 2.98. The third kappa shape index (κ3) is 2.86. The molecule has 0 saturated heterocycles. The van der Waals surface area contributed by atoms with Gasteiger partial charge in [-0.25, -0.2) is 4.98 Å². The van der Waals surface area contributed by atoms with Gasteiger partial charge in [0.05, 0.1) is 18.1 Å². The van der Waals surface area contributed by atoms with Crippen molar-refractivity contribution < 1.29 is 0 Å². The molecule has 0 fully saturated rings. The van der Waals surface area contributed by atoms with Crippen LogP contribution >= 0.6 is 23.2 Å². The summed E-state index contributed by atoms with van der Waals surface area (Å²) in [5.41, 5.74) is 1.97. The summed E-state index contributed by atoms with van der Waals surface area (Å²) in [5, 5.41) is 4.50. The standard InChI is InChI=1S/C13H15Cl2N3/c1-3-18-7-12(17-8-18)13(16-2)9-4-10(14)6-11(15)5-9/h4-8,13,16H,3H2,1-2H3. The third-order valence-corrected chi connectivity index (χ3v) is 3.26. The quantitative estimate of drug-likeness (QED) is 0.931. The van der Waals surface area contributed by atoms with Crippen molar-refractivity contribution in [3.63, 3.8) is 0 Å². The molecule has 0 radical (unpaired) electrons. The maximum absolute atomic E-state index is 6.03. The Hall–Kier alpha value is -1.03. The number of rotatable bonds is 4. The number of aryl methyl sites for hydroxylation is 1. The van der Waals surface area contributed by atoms with Crippen LogP contribution in [0.5, 0.6) is 0 Å². The number of benzene rings is 1. The molecule has 1 heterocycles. The largest absolute Gasteiger partial charge is 0.337 e. The maximum atomic E-state index is 6.03. The molecule has 1 aromatic carbocycles. The van der Waals surface area contributed by atoms with Crippen LogP contribution in [-0.2, 0) is 6.54 Å². The smallest absolute Gasteiger partial charge is 0.0950 e. The van der Waals surface area contributed by atoms with E-state index in [0.29, 0.717) is 10.0 Å². The number of nitrogens with zero attached hydrogens (tertiary/aromatic N) is 2. The average molecular weight is 284 g/mol. The van der Waals surface area contributed by atoms with Crippen molar-refractivity contribution in [2.24, 2.45) is 0 Å². The fraction of sp³-hybridized carbons (Fsp3) is 0.308. The Bertz CT molecular complexity index is 517. The molecule has 5 heteroatoms. The molecule has 0 aliphatic carbocycles. The summed E-state index contributed by atoms with van der Waals surface area (Å²) in [6.07, 6.45) is 3.85. The molecule has 0 spiro atoms. The van der Waals surface area contributed by atoms with Crippen molar-refractivity contribution in [3.8, 4) is 0 Å². The molecule has 0 saturated carbocycles. The van der Waals surface area contributed by atoms with Gasteiger partial charge in [-0.2, -0.15) is 0 Å². The molecule has 2 aromatic rings. The van der Waals surface area contributed by atoms with Crippen molar-refractivity contribution in [2.75, 3.05) is 7.05 Å². The minimum Gasteiger partial charge on any atom is -0.337 e. The predicted molar refractivity (Wildman–Crippen MR) is 75.3 cm³/mol. The maximum Gasteiger partial charge on any atom is 0.0950 e. The van der Waals surface area contributed by atoms with Gasteiger partial charge >= 0.3 is 0 Å². The summed E-state index contributed by atoms with van der Waals surface area (Å²) in [7, 11) is 1.89. The molecule has 1 unspecified atom stereocenters. The fourth-order valence-corrected chi connectivity index (χ4v) is 2.47. The van der Waals surface area contributed by atoms with Crippen LogP contribution in [0.4, 0.5) is 0 Å². The van der Waals surface area contributed by atoms with Gasteiger partial charge in [0.25, 0.3) is 0 Å². The number of hydrogen-bond donors (Lipinski definition) is 1. The Morgan fingerprint density at radius 2 is 1.94 bits per heavy atom. The summed E-state index contributed by atoms with van der Waals surface area (Å²) in [4.78, 5) is 4.41. The molecule has 0 amide bonds. The van der Waals surface area contributed by atoms with E-state index in [1.165, 1.54) is 0 Å². The van der Waals surface area contributed by atoms with Crippen LogP contribution in [0.1, 0.15) is 24.2 Å². The van der Waals surface area contributed by atoms with E-state index in [9.17, 15) is 0 Å². The molecular weight excluding hydrogens is 269 g/mol. The number of imidazole rings is 1. The monoisotopic (exact) mass is 283 g/mol. The zero-order valence-electron chi connectivity index (χ0n) is 10.3. The number of aromatic nitrogens is 2. The Balaban J connectivity index is 2.38. The van der Waals surface area contributed by atoms with Gasteiger partial charge in [0.1, 0.15) is 0 Å². The van der Waals surface area contributed by atoms with Gasteiger partial charge in [-0.05, 0) is 37.7 Å². The van der Waals surface area contributed by atoms with Gasteiger partial charge in [0.2, 0.25) is 0 Å². The highest BCUT2D eigenvalue weighted by atomic mass is 35.5. The van der Waals surface area contributed by atoms with E-state index in [-0.39, 0.29) is 6.04 Å². The zero-order valence-corrected chi connectivity index (χ0v) is 11.8. The summed E-state index contributed by atoms with van der Waals surface area (Å²) >= 11 is 12.1. The lowest BCUT2D eigenvalue weighted by Crippen LogP contribution is -2.18. The van der Waals surface area contributed by atoms with Crippen LogP contribution < -0.4 is 5.32 Å². The van der Waals surface area contributed by atoms with Crippen molar-refractivity contribution in [1.29, 1.82) is 0 Å². The predicted octanol–water partition coefficient (Wildman–Crippen LogP) is 3.52. The molecule has 1 N–H and O–H groups in total. The Morgan fingerprint density at radius 3 is 2.44 bits per heavy atom. The lowest BCUT2D eigenvalue weighted by molar-refractivity contribution is 0.672. The highest BCUT2D eigenvalue weighted by Crippen LogP contribution is 2.26. The summed E-state index contributed by atoms with van der Waals surface area (Å²) in [5.74, 6) is 0. The van der Waals surface area contributed by atoms with E-state index in [2.05, 4.69) is 17.2 Å². The van der Waals surface area contributed by atoms with Crippen LogP contribution in [-0.4, -0.2) is 16.6 Å². The number of nitrogens with one attached hydrogen (secondary N) is 1. The second-order valence-electron chi connectivity index (χ2n) is 4.05. The topological polar surface area (TPSA) is 29.9 Å². The van der Waals surface area contributed by atoms with Crippen LogP contribution in [0.2, 0.25) is 10.0 Å². The molecule has 1 atom stereocenters. The van der Waals surface area contributed by atoms with Crippen molar-refractivity contribution in [1.82, 2.24) is 14.9 Å². The Labute approximate surface area is 117 Å². The normalized spacial score (nSPS) is 12.7. The van der Waals surface area contributed by atoms with Crippen molar-refractivity contribution in [2.45, 2.75) is 19.5 Å². The van der Waals surface area contributed by atoms with Gasteiger partial charge in [-0.15, -0.1) is 0 Å². The lowest BCUT2D eigenvalue weighted by atomic mass is 10.0. The molecule has 18 heavy (non-hydrogen) atoms. The van der Waals surface area contributed by atoms with E-state index in [0.717, 1.165) is 17.8 Å². The average Bonchev–Trinajstić information content (AvgIpc) is 2.77. The van der Waals surface area contributed by atoms with Crippen LogP contribution in [0.15, 0.2) is 30.7 Å². The minimum absolute atomic E-state index is 0.00556. The van der Waals surface area contributed by atoms with Gasteiger partial charge in [0.15, 0.2) is 0 Å². The van der Waals surface area contributed by atoms with E-state index in [1.807, 2.05) is 36.3 Å².